The molecule has 1 aromatic heterocycles. The van der Waals surface area contributed by atoms with Gasteiger partial charge in [0.05, 0.1) is 10.6 Å². The second kappa shape index (κ2) is 8.39. The molecule has 0 radical (unpaired) electrons. The van der Waals surface area contributed by atoms with Gasteiger partial charge in [0.1, 0.15) is 5.82 Å². The van der Waals surface area contributed by atoms with Crippen molar-refractivity contribution in [2.45, 2.75) is 73.4 Å². The lowest BCUT2D eigenvalue weighted by atomic mass is 10.0. The van der Waals surface area contributed by atoms with Gasteiger partial charge in [0, 0.05) is 37.3 Å². The maximum atomic E-state index is 13.2. The van der Waals surface area contributed by atoms with Crippen molar-refractivity contribution in [1.82, 2.24) is 19.1 Å². The molecule has 176 valence electrons. The predicted octanol–water partition coefficient (Wildman–Crippen LogP) is 3.35. The van der Waals surface area contributed by atoms with E-state index in [4.69, 9.17) is 0 Å². The molecule has 8 nitrogen and oxygen atoms in total. The first kappa shape index (κ1) is 21.6. The Morgan fingerprint density at radius 2 is 1.82 bits per heavy atom. The van der Waals surface area contributed by atoms with E-state index in [0.29, 0.717) is 42.2 Å². The van der Waals surface area contributed by atoms with Gasteiger partial charge in [0.2, 0.25) is 15.9 Å². The molecule has 10 heteroatoms. The van der Waals surface area contributed by atoms with Crippen LogP contribution in [0.3, 0.4) is 0 Å². The van der Waals surface area contributed by atoms with Crippen molar-refractivity contribution >= 4 is 33.4 Å². The van der Waals surface area contributed by atoms with Gasteiger partial charge < -0.3 is 9.47 Å². The van der Waals surface area contributed by atoms with Gasteiger partial charge in [0.25, 0.3) is 0 Å². The maximum absolute atomic E-state index is 13.2. The lowest BCUT2D eigenvalue weighted by Gasteiger charge is -2.30. The Hall–Kier alpha value is -1.91. The molecule has 1 amide bonds. The van der Waals surface area contributed by atoms with Gasteiger partial charge in [-0.15, -0.1) is 10.2 Å². The van der Waals surface area contributed by atoms with Crippen molar-refractivity contribution < 1.29 is 13.2 Å². The van der Waals surface area contributed by atoms with E-state index >= 15 is 0 Å². The number of benzene rings is 1. The average molecular weight is 488 g/mol. The molecule has 2 aromatic rings. The van der Waals surface area contributed by atoms with Gasteiger partial charge >= 0.3 is 0 Å². The fraction of sp³-hybridized carbons (Fsp3) is 0.609. The molecule has 0 unspecified atom stereocenters. The highest BCUT2D eigenvalue weighted by Gasteiger charge is 2.37. The monoisotopic (exact) mass is 487 g/mol. The van der Waals surface area contributed by atoms with E-state index < -0.39 is 10.0 Å². The molecule has 2 aliphatic carbocycles. The number of hydrogen-bond donors (Lipinski definition) is 0. The highest BCUT2D eigenvalue weighted by atomic mass is 32.2. The predicted molar refractivity (Wildman–Crippen MR) is 126 cm³/mol. The summed E-state index contributed by atoms with van der Waals surface area (Å²) in [4.78, 5) is 15.4. The number of aromatic nitrogens is 3. The van der Waals surface area contributed by atoms with Crippen LogP contribution in [0.25, 0.3) is 0 Å². The van der Waals surface area contributed by atoms with Crippen LogP contribution in [0, 0.1) is 0 Å². The summed E-state index contributed by atoms with van der Waals surface area (Å²) in [6.07, 6.45) is 8.17. The van der Waals surface area contributed by atoms with Crippen LogP contribution in [0.2, 0.25) is 0 Å². The van der Waals surface area contributed by atoms with Crippen molar-refractivity contribution in [1.29, 1.82) is 0 Å². The minimum atomic E-state index is -3.46. The summed E-state index contributed by atoms with van der Waals surface area (Å²) in [7, 11) is -3.46. The number of thioether (sulfide) groups is 1. The number of hydrogen-bond acceptors (Lipinski definition) is 6. The molecule has 1 saturated heterocycles. The highest BCUT2D eigenvalue weighted by Crippen LogP contribution is 2.46. The van der Waals surface area contributed by atoms with Crippen LogP contribution in [0.1, 0.15) is 68.3 Å². The summed E-state index contributed by atoms with van der Waals surface area (Å²) >= 11 is 1.48. The zero-order valence-corrected chi connectivity index (χ0v) is 20.3. The number of rotatable bonds is 7. The third-order valence-electron chi connectivity index (χ3n) is 7.04. The molecule has 1 aromatic carbocycles. The number of aryl methyl sites for hydroxylation is 1. The van der Waals surface area contributed by atoms with Crippen LogP contribution in [0.15, 0.2) is 28.3 Å². The zero-order chi connectivity index (χ0) is 22.6. The van der Waals surface area contributed by atoms with Crippen LogP contribution in [-0.2, 0) is 21.2 Å². The fourth-order valence-corrected chi connectivity index (χ4v) is 7.41. The largest absolute Gasteiger partial charge is 0.311 e. The van der Waals surface area contributed by atoms with Gasteiger partial charge in [-0.3, -0.25) is 4.79 Å². The van der Waals surface area contributed by atoms with E-state index in [2.05, 4.69) is 14.8 Å². The Morgan fingerprint density at radius 3 is 2.55 bits per heavy atom. The quantitative estimate of drug-likeness (QED) is 0.557. The molecule has 6 rings (SSSR count). The Morgan fingerprint density at radius 1 is 1.03 bits per heavy atom. The van der Waals surface area contributed by atoms with E-state index in [1.165, 1.54) is 37.4 Å². The molecule has 3 fully saturated rings. The molecule has 2 saturated carbocycles. The van der Waals surface area contributed by atoms with E-state index in [9.17, 15) is 13.2 Å². The number of sulfonamides is 1. The van der Waals surface area contributed by atoms with Gasteiger partial charge in [0.15, 0.2) is 5.16 Å². The first-order valence-electron chi connectivity index (χ1n) is 12.0. The molecule has 0 N–H and O–H groups in total. The van der Waals surface area contributed by atoms with E-state index in [1.807, 2.05) is 11.0 Å². The second-order valence-corrected chi connectivity index (χ2v) is 12.4. The Labute approximate surface area is 198 Å². The van der Waals surface area contributed by atoms with E-state index in [0.717, 1.165) is 47.9 Å². The summed E-state index contributed by atoms with van der Waals surface area (Å²) < 4.78 is 29.8. The standard InChI is InChI=1S/C23H29N5O3S2/c29-21(15-32-23-25-24-22(16-5-6-16)28(23)18-7-8-18)27-13-3-4-17-14-19(9-10-20(17)27)33(30,31)26-11-1-2-12-26/h9-10,14,16,18H,1-8,11-13,15H2. The van der Waals surface area contributed by atoms with E-state index in [1.54, 1.807) is 16.4 Å². The number of nitrogens with zero attached hydrogens (tertiary/aromatic N) is 5. The summed E-state index contributed by atoms with van der Waals surface area (Å²) in [6.45, 7) is 1.84. The average Bonchev–Trinajstić information content (AvgIpc) is 3.75. The minimum Gasteiger partial charge on any atom is -0.311 e. The lowest BCUT2D eigenvalue weighted by Crippen LogP contribution is -2.37. The van der Waals surface area contributed by atoms with Crippen LogP contribution in [-0.4, -0.2) is 58.8 Å². The van der Waals surface area contributed by atoms with Gasteiger partial charge in [-0.25, -0.2) is 8.42 Å². The molecule has 0 bridgehead atoms. The molecule has 3 heterocycles. The highest BCUT2D eigenvalue weighted by molar-refractivity contribution is 7.99. The summed E-state index contributed by atoms with van der Waals surface area (Å²) in [5.41, 5.74) is 1.78. The van der Waals surface area contributed by atoms with Crippen molar-refractivity contribution in [3.63, 3.8) is 0 Å². The number of carbonyl (C=O) groups is 1. The summed E-state index contributed by atoms with van der Waals surface area (Å²) in [5, 5.41) is 9.71. The van der Waals surface area contributed by atoms with Crippen molar-refractivity contribution in [3.05, 3.63) is 29.6 Å². The molecular formula is C23H29N5O3S2. The topological polar surface area (TPSA) is 88.4 Å². The van der Waals surface area contributed by atoms with Crippen molar-refractivity contribution in [3.8, 4) is 0 Å². The number of anilines is 1. The van der Waals surface area contributed by atoms with Crippen molar-refractivity contribution in [2.75, 3.05) is 30.3 Å². The number of carbonyl (C=O) groups excluding carboxylic acids is 1. The van der Waals surface area contributed by atoms with Crippen LogP contribution in [0.5, 0.6) is 0 Å². The van der Waals surface area contributed by atoms with Gasteiger partial charge in [-0.2, -0.15) is 4.31 Å². The maximum Gasteiger partial charge on any atom is 0.243 e. The first-order chi connectivity index (χ1) is 16.0. The van der Waals surface area contributed by atoms with Crippen LogP contribution >= 0.6 is 11.8 Å². The van der Waals surface area contributed by atoms with Crippen LogP contribution < -0.4 is 4.90 Å². The zero-order valence-electron chi connectivity index (χ0n) is 18.6. The normalized spacial score (nSPS) is 21.4. The van der Waals surface area contributed by atoms with Gasteiger partial charge in [-0.05, 0) is 75.1 Å². The molecule has 33 heavy (non-hydrogen) atoms. The summed E-state index contributed by atoms with van der Waals surface area (Å²) in [5.74, 6) is 1.99. The van der Waals surface area contributed by atoms with Gasteiger partial charge in [-0.1, -0.05) is 11.8 Å². The minimum absolute atomic E-state index is 0.0365. The van der Waals surface area contributed by atoms with Crippen molar-refractivity contribution in [2.24, 2.45) is 0 Å². The fourth-order valence-electron chi connectivity index (χ4n) is 4.96. The molecule has 0 atom stereocenters. The first-order valence-corrected chi connectivity index (χ1v) is 14.5. The van der Waals surface area contributed by atoms with E-state index in [-0.39, 0.29) is 5.91 Å². The molecular weight excluding hydrogens is 458 g/mol. The summed E-state index contributed by atoms with van der Waals surface area (Å²) in [6, 6.07) is 5.76. The number of amides is 1. The molecule has 4 aliphatic rings. The second-order valence-electron chi connectivity index (χ2n) is 9.56. The Bertz CT molecular complexity index is 1180. The molecule has 2 aliphatic heterocycles. The lowest BCUT2D eigenvalue weighted by molar-refractivity contribution is -0.116. The Kier molecular flexibility index (Phi) is 5.49. The number of fused-ring (bicyclic) bond motifs is 1. The smallest absolute Gasteiger partial charge is 0.243 e. The third kappa shape index (κ3) is 4.10. The Balaban J connectivity index is 1.18. The van der Waals surface area contributed by atoms with Crippen LogP contribution in [0.4, 0.5) is 5.69 Å². The third-order valence-corrected chi connectivity index (χ3v) is 9.87. The SMILES string of the molecule is O=C(CSc1nnc(C2CC2)n1C1CC1)N1CCCc2cc(S(=O)(=O)N3CCCC3)ccc21. The molecule has 0 spiro atoms.